The van der Waals surface area contributed by atoms with Gasteiger partial charge in [0.1, 0.15) is 11.6 Å². The molecule has 2 unspecified atom stereocenters. The zero-order valence-electron chi connectivity index (χ0n) is 10.1. The summed E-state index contributed by atoms with van der Waals surface area (Å²) in [5, 5.41) is 11.1. The highest BCUT2D eigenvalue weighted by Gasteiger charge is 2.47. The van der Waals surface area contributed by atoms with Crippen molar-refractivity contribution in [2.45, 2.75) is 31.3 Å². The molecule has 1 aliphatic rings. The summed E-state index contributed by atoms with van der Waals surface area (Å²) >= 11 is 1.41. The highest BCUT2D eigenvalue weighted by molar-refractivity contribution is 7.10. The van der Waals surface area contributed by atoms with Crippen LogP contribution in [0.3, 0.4) is 0 Å². The number of hydrogen-bond acceptors (Lipinski definition) is 4. The fraction of sp³-hybridized carbons (Fsp3) is 0.500. The van der Waals surface area contributed by atoms with Crippen LogP contribution in [0.5, 0.6) is 0 Å². The molecule has 6 heteroatoms. The van der Waals surface area contributed by atoms with E-state index in [0.29, 0.717) is 19.4 Å². The molecule has 2 heterocycles. The molecule has 2 atom stereocenters. The number of nitrogens with zero attached hydrogens (tertiary/aromatic N) is 1. The molecular formula is C12H16N2O3S. The van der Waals surface area contributed by atoms with Gasteiger partial charge in [0, 0.05) is 11.4 Å². The number of hydrogen-bond donors (Lipinski definition) is 2. The maximum absolute atomic E-state index is 12.3. The maximum Gasteiger partial charge on any atom is 0.329 e. The van der Waals surface area contributed by atoms with Crippen molar-refractivity contribution < 1.29 is 14.7 Å². The number of nitrogens with two attached hydrogens (primary N) is 1. The fourth-order valence-corrected chi connectivity index (χ4v) is 3.02. The van der Waals surface area contributed by atoms with Gasteiger partial charge in [-0.1, -0.05) is 6.07 Å². The van der Waals surface area contributed by atoms with Crippen molar-refractivity contribution >= 4 is 23.2 Å². The van der Waals surface area contributed by atoms with Crippen LogP contribution in [0.2, 0.25) is 0 Å². The van der Waals surface area contributed by atoms with Crippen molar-refractivity contribution in [2.75, 3.05) is 6.54 Å². The molecule has 1 amide bonds. The second kappa shape index (κ2) is 4.70. The minimum Gasteiger partial charge on any atom is -0.480 e. The van der Waals surface area contributed by atoms with Gasteiger partial charge >= 0.3 is 5.97 Å². The van der Waals surface area contributed by atoms with Crippen LogP contribution in [0.4, 0.5) is 0 Å². The first-order valence-electron chi connectivity index (χ1n) is 5.80. The quantitative estimate of drug-likeness (QED) is 0.863. The summed E-state index contributed by atoms with van der Waals surface area (Å²) in [6.45, 7) is 2.04. The number of rotatable bonds is 3. The predicted molar refractivity (Wildman–Crippen MR) is 68.2 cm³/mol. The first kappa shape index (κ1) is 13.0. The number of aliphatic carboxylic acids is 1. The Balaban J connectivity index is 2.21. The first-order valence-corrected chi connectivity index (χ1v) is 6.68. The summed E-state index contributed by atoms with van der Waals surface area (Å²) in [6.07, 6.45) is 1.18. The van der Waals surface area contributed by atoms with E-state index in [9.17, 15) is 14.7 Å². The molecule has 1 saturated heterocycles. The summed E-state index contributed by atoms with van der Waals surface area (Å²) in [7, 11) is 0. The van der Waals surface area contributed by atoms with Gasteiger partial charge in [-0.25, -0.2) is 4.79 Å². The molecule has 1 aliphatic heterocycles. The predicted octanol–water partition coefficient (Wildman–Crippen LogP) is 1.21. The average Bonchev–Trinajstić information content (AvgIpc) is 2.96. The molecule has 2 rings (SSSR count). The van der Waals surface area contributed by atoms with Crippen molar-refractivity contribution in [3.63, 3.8) is 0 Å². The Morgan fingerprint density at radius 1 is 1.61 bits per heavy atom. The molecule has 1 aromatic rings. The Morgan fingerprint density at radius 3 is 2.89 bits per heavy atom. The van der Waals surface area contributed by atoms with Crippen LogP contribution in [0.25, 0.3) is 0 Å². The number of carbonyl (C=O) groups is 2. The second-order valence-corrected chi connectivity index (χ2v) is 5.64. The molecule has 0 bridgehead atoms. The first-order chi connectivity index (χ1) is 8.47. The number of carboxylic acid groups (broad SMARTS) is 1. The number of carboxylic acids is 1. The Hall–Kier alpha value is -1.40. The van der Waals surface area contributed by atoms with Gasteiger partial charge in [-0.2, -0.15) is 0 Å². The van der Waals surface area contributed by atoms with Gasteiger partial charge in [-0.05, 0) is 31.2 Å². The average molecular weight is 268 g/mol. The van der Waals surface area contributed by atoms with E-state index in [2.05, 4.69) is 0 Å². The lowest BCUT2D eigenvalue weighted by Gasteiger charge is -2.32. The molecule has 98 valence electrons. The fourth-order valence-electron chi connectivity index (χ4n) is 2.30. The normalized spacial score (nSPS) is 25.1. The van der Waals surface area contributed by atoms with E-state index in [0.717, 1.165) is 4.88 Å². The van der Waals surface area contributed by atoms with Crippen molar-refractivity contribution in [2.24, 2.45) is 5.73 Å². The van der Waals surface area contributed by atoms with Gasteiger partial charge in [-0.3, -0.25) is 4.79 Å². The summed E-state index contributed by atoms with van der Waals surface area (Å²) in [6, 6.07) is 2.86. The third-order valence-electron chi connectivity index (χ3n) is 3.48. The van der Waals surface area contributed by atoms with Gasteiger partial charge in [-0.15, -0.1) is 11.3 Å². The molecule has 0 radical (unpaired) electrons. The van der Waals surface area contributed by atoms with E-state index < -0.39 is 17.6 Å². The lowest BCUT2D eigenvalue weighted by molar-refractivity contribution is -0.155. The van der Waals surface area contributed by atoms with Crippen LogP contribution in [0.15, 0.2) is 17.5 Å². The summed E-state index contributed by atoms with van der Waals surface area (Å²) in [4.78, 5) is 25.8. The van der Waals surface area contributed by atoms with Gasteiger partial charge < -0.3 is 15.7 Å². The summed E-state index contributed by atoms with van der Waals surface area (Å²) in [5.74, 6) is -1.27. The van der Waals surface area contributed by atoms with Crippen LogP contribution in [0.1, 0.15) is 30.7 Å². The monoisotopic (exact) mass is 268 g/mol. The van der Waals surface area contributed by atoms with Crippen molar-refractivity contribution in [3.05, 3.63) is 22.4 Å². The van der Waals surface area contributed by atoms with Crippen LogP contribution < -0.4 is 5.73 Å². The van der Waals surface area contributed by atoms with E-state index in [1.165, 1.54) is 16.2 Å². The van der Waals surface area contributed by atoms with Crippen LogP contribution in [0, 0.1) is 0 Å². The standard InChI is InChI=1S/C12H16N2O3S/c1-12(11(16)17)5-3-6-14(12)10(15)9(13)8-4-2-7-18-8/h2,4,7,9H,3,5-6,13H2,1H3,(H,16,17). The van der Waals surface area contributed by atoms with Gasteiger partial charge in [0.25, 0.3) is 0 Å². The van der Waals surface area contributed by atoms with Crippen molar-refractivity contribution in [3.8, 4) is 0 Å². The number of carbonyl (C=O) groups excluding carboxylic acids is 1. The molecule has 1 aromatic heterocycles. The Kier molecular flexibility index (Phi) is 3.41. The Labute approximate surface area is 109 Å². The topological polar surface area (TPSA) is 83.6 Å². The van der Waals surface area contributed by atoms with E-state index in [4.69, 9.17) is 5.73 Å². The molecule has 5 nitrogen and oxygen atoms in total. The highest BCUT2D eigenvalue weighted by Crippen LogP contribution is 2.32. The highest BCUT2D eigenvalue weighted by atomic mass is 32.1. The van der Waals surface area contributed by atoms with E-state index in [1.807, 2.05) is 11.4 Å². The Morgan fingerprint density at radius 2 is 2.33 bits per heavy atom. The van der Waals surface area contributed by atoms with Crippen LogP contribution in [-0.2, 0) is 9.59 Å². The second-order valence-electron chi connectivity index (χ2n) is 4.67. The molecule has 3 N–H and O–H groups in total. The van der Waals surface area contributed by atoms with E-state index in [-0.39, 0.29) is 5.91 Å². The molecule has 0 aromatic carbocycles. The van der Waals surface area contributed by atoms with Crippen molar-refractivity contribution in [1.82, 2.24) is 4.90 Å². The SMILES string of the molecule is CC1(C(=O)O)CCCN1C(=O)C(N)c1cccs1. The lowest BCUT2D eigenvalue weighted by atomic mass is 9.98. The largest absolute Gasteiger partial charge is 0.480 e. The minimum atomic E-state index is -1.12. The Bertz CT molecular complexity index is 460. The zero-order chi connectivity index (χ0) is 13.3. The molecule has 0 aliphatic carbocycles. The summed E-state index contributed by atoms with van der Waals surface area (Å²) in [5.41, 5.74) is 4.79. The molecular weight excluding hydrogens is 252 g/mol. The third kappa shape index (κ3) is 2.02. The molecule has 1 fully saturated rings. The lowest BCUT2D eigenvalue weighted by Crippen LogP contribution is -2.53. The van der Waals surface area contributed by atoms with Gasteiger partial charge in [0.05, 0.1) is 0 Å². The number of thiophene rings is 1. The number of likely N-dealkylation sites (tertiary alicyclic amines) is 1. The zero-order valence-corrected chi connectivity index (χ0v) is 10.9. The smallest absolute Gasteiger partial charge is 0.329 e. The molecule has 0 saturated carbocycles. The minimum absolute atomic E-state index is 0.306. The molecule has 18 heavy (non-hydrogen) atoms. The van der Waals surface area contributed by atoms with Gasteiger partial charge in [0.15, 0.2) is 0 Å². The summed E-state index contributed by atoms with van der Waals surface area (Å²) < 4.78 is 0. The maximum atomic E-state index is 12.3. The third-order valence-corrected chi connectivity index (χ3v) is 4.44. The van der Waals surface area contributed by atoms with Crippen molar-refractivity contribution in [1.29, 1.82) is 0 Å². The molecule has 0 spiro atoms. The van der Waals surface area contributed by atoms with Crippen LogP contribution >= 0.6 is 11.3 Å². The van der Waals surface area contributed by atoms with Crippen LogP contribution in [-0.4, -0.2) is 34.0 Å². The number of amides is 1. The van der Waals surface area contributed by atoms with Gasteiger partial charge in [0.2, 0.25) is 5.91 Å². The van der Waals surface area contributed by atoms with E-state index >= 15 is 0 Å². The van der Waals surface area contributed by atoms with E-state index in [1.54, 1.807) is 13.0 Å².